The number of hydrogen-bond donors (Lipinski definition) is 2. The Labute approximate surface area is 138 Å². The van der Waals surface area contributed by atoms with Crippen molar-refractivity contribution in [3.8, 4) is 0 Å². The molecule has 0 fully saturated rings. The number of carbonyl (C=O) groups is 1. The number of rotatable bonds is 6. The predicted octanol–water partition coefficient (Wildman–Crippen LogP) is 1.08. The van der Waals surface area contributed by atoms with Crippen LogP contribution in [-0.4, -0.2) is 45.4 Å². The van der Waals surface area contributed by atoms with Crippen LogP contribution in [0.5, 0.6) is 0 Å². The van der Waals surface area contributed by atoms with Crippen LogP contribution >= 0.6 is 11.8 Å². The van der Waals surface area contributed by atoms with Crippen molar-refractivity contribution in [1.29, 1.82) is 0 Å². The lowest BCUT2D eigenvalue weighted by molar-refractivity contribution is -0.115. The van der Waals surface area contributed by atoms with Gasteiger partial charge in [0.1, 0.15) is 5.82 Å². The third kappa shape index (κ3) is 4.81. The maximum absolute atomic E-state index is 12.1. The number of thioether (sulfide) groups is 1. The van der Waals surface area contributed by atoms with Crippen molar-refractivity contribution in [2.45, 2.75) is 24.9 Å². The van der Waals surface area contributed by atoms with E-state index >= 15 is 0 Å². The summed E-state index contributed by atoms with van der Waals surface area (Å²) in [5.74, 6) is 1.77. The molecule has 2 aromatic rings. The van der Waals surface area contributed by atoms with E-state index in [-0.39, 0.29) is 17.1 Å². The zero-order valence-corrected chi connectivity index (χ0v) is 14.2. The van der Waals surface area contributed by atoms with Gasteiger partial charge in [-0.05, 0) is 13.8 Å². The number of nitrogens with zero attached hydrogens (tertiary/aromatic N) is 5. The molecule has 0 aliphatic rings. The quantitative estimate of drug-likeness (QED) is 0.796. The minimum absolute atomic E-state index is 0.161. The van der Waals surface area contributed by atoms with Crippen LogP contribution in [0.1, 0.15) is 18.4 Å². The molecular formula is C13H19N7O2S. The van der Waals surface area contributed by atoms with Crippen LogP contribution in [0.25, 0.3) is 0 Å². The highest BCUT2D eigenvalue weighted by molar-refractivity contribution is 7.99. The first kappa shape index (κ1) is 17.0. The smallest absolute Gasteiger partial charge is 0.239 e. The van der Waals surface area contributed by atoms with E-state index in [0.29, 0.717) is 29.1 Å². The lowest BCUT2D eigenvalue weighted by Gasteiger charge is -2.12. The van der Waals surface area contributed by atoms with Gasteiger partial charge >= 0.3 is 0 Å². The number of aromatic nitrogens is 4. The number of anilines is 3. The van der Waals surface area contributed by atoms with E-state index in [9.17, 15) is 4.79 Å². The molecule has 1 unspecified atom stereocenters. The summed E-state index contributed by atoms with van der Waals surface area (Å²) >= 11 is 1.39. The summed E-state index contributed by atoms with van der Waals surface area (Å²) in [7, 11) is 3.64. The molecule has 2 rings (SSSR count). The molecule has 0 radical (unpaired) electrons. The Bertz CT molecular complexity index is 689. The Morgan fingerprint density at radius 2 is 2.17 bits per heavy atom. The number of carbonyl (C=O) groups excluding carboxylic acids is 1. The van der Waals surface area contributed by atoms with Crippen LogP contribution in [0.4, 0.5) is 17.8 Å². The highest BCUT2D eigenvalue weighted by Gasteiger charge is 2.17. The number of nitrogen functional groups attached to an aromatic ring is 1. The third-order valence-corrected chi connectivity index (χ3v) is 3.93. The molecule has 2 heterocycles. The summed E-state index contributed by atoms with van der Waals surface area (Å²) in [6.07, 6.45) is 0. The van der Waals surface area contributed by atoms with E-state index in [2.05, 4.69) is 25.4 Å². The number of nitrogens with two attached hydrogens (primary N) is 1. The molecule has 23 heavy (non-hydrogen) atoms. The second kappa shape index (κ2) is 7.27. The molecule has 0 aromatic carbocycles. The molecule has 0 aliphatic carbocycles. The van der Waals surface area contributed by atoms with Crippen LogP contribution < -0.4 is 16.0 Å². The summed E-state index contributed by atoms with van der Waals surface area (Å²) in [6, 6.07) is 1.66. The summed E-state index contributed by atoms with van der Waals surface area (Å²) in [6.45, 7) is 3.57. The first-order chi connectivity index (χ1) is 10.8. The summed E-state index contributed by atoms with van der Waals surface area (Å²) in [4.78, 5) is 26.2. The Hall–Kier alpha value is -2.36. The van der Waals surface area contributed by atoms with Gasteiger partial charge in [0.15, 0.2) is 0 Å². The largest absolute Gasteiger partial charge is 0.368 e. The Morgan fingerprint density at radius 1 is 1.43 bits per heavy atom. The topological polar surface area (TPSA) is 123 Å². The number of nitrogens with one attached hydrogen (secondary N) is 1. The lowest BCUT2D eigenvalue weighted by atomic mass is 10.4. The van der Waals surface area contributed by atoms with Gasteiger partial charge < -0.3 is 15.2 Å². The van der Waals surface area contributed by atoms with Crippen molar-refractivity contribution in [3.05, 3.63) is 17.6 Å². The van der Waals surface area contributed by atoms with E-state index in [4.69, 9.17) is 10.3 Å². The van der Waals surface area contributed by atoms with Crippen LogP contribution in [0.2, 0.25) is 0 Å². The van der Waals surface area contributed by atoms with Crippen molar-refractivity contribution in [2.75, 3.05) is 30.0 Å². The molecule has 0 bridgehead atoms. The van der Waals surface area contributed by atoms with Gasteiger partial charge in [-0.15, -0.1) is 11.8 Å². The molecule has 0 saturated carbocycles. The molecular weight excluding hydrogens is 318 g/mol. The highest BCUT2D eigenvalue weighted by atomic mass is 32.2. The Balaban J connectivity index is 1.93. The molecule has 0 spiro atoms. The summed E-state index contributed by atoms with van der Waals surface area (Å²) < 4.78 is 4.96. The molecule has 124 valence electrons. The molecule has 3 N–H and O–H groups in total. The molecule has 2 aromatic heterocycles. The summed E-state index contributed by atoms with van der Waals surface area (Å²) in [5.41, 5.74) is 6.38. The van der Waals surface area contributed by atoms with E-state index in [1.165, 1.54) is 11.8 Å². The fraction of sp³-hybridized carbons (Fsp3) is 0.462. The predicted molar refractivity (Wildman–Crippen MR) is 89.2 cm³/mol. The van der Waals surface area contributed by atoms with E-state index in [1.54, 1.807) is 24.8 Å². The minimum Gasteiger partial charge on any atom is -0.368 e. The number of hydrogen-bond acceptors (Lipinski definition) is 9. The number of aryl methyl sites for hydroxylation is 1. The van der Waals surface area contributed by atoms with E-state index in [1.807, 2.05) is 14.1 Å². The van der Waals surface area contributed by atoms with Crippen molar-refractivity contribution in [1.82, 2.24) is 20.1 Å². The zero-order valence-electron chi connectivity index (χ0n) is 13.4. The fourth-order valence-electron chi connectivity index (χ4n) is 1.61. The highest BCUT2D eigenvalue weighted by Crippen LogP contribution is 2.19. The first-order valence-corrected chi connectivity index (χ1v) is 7.93. The number of amides is 1. The summed E-state index contributed by atoms with van der Waals surface area (Å²) in [5, 5.41) is 6.06. The van der Waals surface area contributed by atoms with Gasteiger partial charge in [0.25, 0.3) is 0 Å². The molecule has 0 saturated heterocycles. The molecule has 10 heteroatoms. The van der Waals surface area contributed by atoms with Gasteiger partial charge in [-0.2, -0.15) is 15.0 Å². The van der Waals surface area contributed by atoms with Gasteiger partial charge in [-0.3, -0.25) is 10.1 Å². The van der Waals surface area contributed by atoms with Crippen LogP contribution in [-0.2, 0) is 10.5 Å². The maximum atomic E-state index is 12.1. The molecule has 1 atom stereocenters. The first-order valence-electron chi connectivity index (χ1n) is 6.88. The van der Waals surface area contributed by atoms with Crippen molar-refractivity contribution in [2.24, 2.45) is 0 Å². The second-order valence-corrected chi connectivity index (χ2v) is 6.41. The minimum atomic E-state index is -0.318. The van der Waals surface area contributed by atoms with Crippen molar-refractivity contribution < 1.29 is 9.32 Å². The van der Waals surface area contributed by atoms with Crippen molar-refractivity contribution in [3.63, 3.8) is 0 Å². The zero-order chi connectivity index (χ0) is 17.0. The fourth-order valence-corrected chi connectivity index (χ4v) is 2.35. The molecule has 0 aliphatic heterocycles. The standard InChI is InChI=1S/C13H19N7O2S/c1-7-5-10(22-19-7)17-11(21)8(2)23-6-9-15-12(14)18-13(16-9)20(3)4/h5,8H,6H2,1-4H3,(H,17,21)(H2,14,15,16,18). The molecule has 9 nitrogen and oxygen atoms in total. The van der Waals surface area contributed by atoms with E-state index in [0.717, 1.165) is 0 Å². The van der Waals surface area contributed by atoms with Gasteiger partial charge in [0, 0.05) is 20.2 Å². The average Bonchev–Trinajstić information content (AvgIpc) is 2.89. The molecule has 1 amide bonds. The second-order valence-electron chi connectivity index (χ2n) is 5.08. The SMILES string of the molecule is Cc1cc(NC(=O)C(C)SCc2nc(N)nc(N(C)C)n2)on1. The van der Waals surface area contributed by atoms with Gasteiger partial charge in [-0.25, -0.2) is 0 Å². The lowest BCUT2D eigenvalue weighted by Crippen LogP contribution is -2.22. The van der Waals surface area contributed by atoms with Crippen LogP contribution in [0, 0.1) is 6.92 Å². The monoisotopic (exact) mass is 337 g/mol. The van der Waals surface area contributed by atoms with Gasteiger partial charge in [-0.1, -0.05) is 5.16 Å². The van der Waals surface area contributed by atoms with Crippen LogP contribution in [0.3, 0.4) is 0 Å². The van der Waals surface area contributed by atoms with Gasteiger partial charge in [0.2, 0.25) is 23.7 Å². The van der Waals surface area contributed by atoms with Crippen LogP contribution in [0.15, 0.2) is 10.6 Å². The van der Waals surface area contributed by atoms with Gasteiger partial charge in [0.05, 0.1) is 16.7 Å². The van der Waals surface area contributed by atoms with E-state index < -0.39 is 0 Å². The Morgan fingerprint density at radius 3 is 2.78 bits per heavy atom. The normalized spacial score (nSPS) is 12.0. The third-order valence-electron chi connectivity index (χ3n) is 2.79. The average molecular weight is 337 g/mol. The van der Waals surface area contributed by atoms with Crippen molar-refractivity contribution >= 4 is 35.4 Å². The Kier molecular flexibility index (Phi) is 5.37. The maximum Gasteiger partial charge on any atom is 0.239 e.